The van der Waals surface area contributed by atoms with Gasteiger partial charge in [0.15, 0.2) is 5.78 Å². The molecule has 3 rings (SSSR count). The van der Waals surface area contributed by atoms with Crippen LogP contribution in [-0.4, -0.2) is 45.5 Å². The molecule has 0 aliphatic carbocycles. The zero-order chi connectivity index (χ0) is 19.6. The molecule has 142 valence electrons. The van der Waals surface area contributed by atoms with Gasteiger partial charge in [0.25, 0.3) is 0 Å². The third-order valence-corrected chi connectivity index (χ3v) is 5.05. The zero-order valence-corrected chi connectivity index (χ0v) is 16.6. The number of benzene rings is 1. The van der Waals surface area contributed by atoms with Gasteiger partial charge in [-0.25, -0.2) is 4.98 Å². The van der Waals surface area contributed by atoms with Crippen LogP contribution in [-0.2, 0) is 17.9 Å². The first kappa shape index (κ1) is 19.0. The number of hydrogen-bond acceptors (Lipinski definition) is 6. The molecule has 0 saturated carbocycles. The quantitative estimate of drug-likeness (QED) is 0.584. The van der Waals surface area contributed by atoms with Crippen LogP contribution in [0.3, 0.4) is 0 Å². The number of rotatable bonds is 7. The number of methoxy groups -OCH3 is 1. The maximum absolute atomic E-state index is 12.7. The van der Waals surface area contributed by atoms with Gasteiger partial charge in [-0.15, -0.1) is 11.3 Å². The molecule has 0 atom stereocenters. The number of Topliss-reactive ketones (excluding diaryl/α,β-unsaturated/α-hetero) is 1. The van der Waals surface area contributed by atoms with E-state index in [9.17, 15) is 9.59 Å². The van der Waals surface area contributed by atoms with Crippen LogP contribution in [0.2, 0.25) is 0 Å². The standard InChI is InChI=1S/C19H22N4O3S/c1-12(2)19(25)18-14-6-5-13(26-4)9-15(14)23(21-18)11-17(24)22(3)10-16-20-7-8-27-16/h5-9,12H,10-11H2,1-4H3. The summed E-state index contributed by atoms with van der Waals surface area (Å²) >= 11 is 1.51. The van der Waals surface area contributed by atoms with Crippen LogP contribution in [0.15, 0.2) is 29.8 Å². The Morgan fingerprint density at radius 3 is 2.74 bits per heavy atom. The molecule has 1 amide bonds. The van der Waals surface area contributed by atoms with Crippen molar-refractivity contribution >= 4 is 33.9 Å². The van der Waals surface area contributed by atoms with Gasteiger partial charge in [0.1, 0.15) is 23.0 Å². The summed E-state index contributed by atoms with van der Waals surface area (Å²) in [5.41, 5.74) is 1.09. The first-order chi connectivity index (χ1) is 12.9. The van der Waals surface area contributed by atoms with Gasteiger partial charge in [-0.05, 0) is 12.1 Å². The van der Waals surface area contributed by atoms with Crippen molar-refractivity contribution in [1.29, 1.82) is 0 Å². The van der Waals surface area contributed by atoms with Crippen molar-refractivity contribution in [3.8, 4) is 5.75 Å². The summed E-state index contributed by atoms with van der Waals surface area (Å²) in [6.07, 6.45) is 1.72. The molecule has 2 heterocycles. The molecule has 0 unspecified atom stereocenters. The average Bonchev–Trinajstić information content (AvgIpc) is 3.28. The first-order valence-corrected chi connectivity index (χ1v) is 9.49. The lowest BCUT2D eigenvalue weighted by Gasteiger charge is -2.16. The van der Waals surface area contributed by atoms with Crippen LogP contribution in [0, 0.1) is 5.92 Å². The fourth-order valence-electron chi connectivity index (χ4n) is 2.73. The van der Waals surface area contributed by atoms with E-state index in [1.807, 2.05) is 25.3 Å². The lowest BCUT2D eigenvalue weighted by molar-refractivity contribution is -0.131. The highest BCUT2D eigenvalue weighted by Crippen LogP contribution is 2.25. The van der Waals surface area contributed by atoms with Crippen LogP contribution in [0.25, 0.3) is 10.9 Å². The number of ketones is 1. The molecule has 0 bridgehead atoms. The number of amides is 1. The number of thiazole rings is 1. The molecule has 0 fully saturated rings. The van der Waals surface area contributed by atoms with E-state index in [2.05, 4.69) is 10.1 Å². The largest absolute Gasteiger partial charge is 0.497 e. The highest BCUT2D eigenvalue weighted by atomic mass is 32.1. The van der Waals surface area contributed by atoms with Crippen LogP contribution in [0.4, 0.5) is 0 Å². The van der Waals surface area contributed by atoms with E-state index in [0.29, 0.717) is 23.5 Å². The number of likely N-dealkylation sites (N-methyl/N-ethyl adjacent to an activating group) is 1. The molecule has 0 saturated heterocycles. The molecule has 0 radical (unpaired) electrons. The summed E-state index contributed by atoms with van der Waals surface area (Å²) in [4.78, 5) is 31.0. The molecule has 1 aromatic carbocycles. The summed E-state index contributed by atoms with van der Waals surface area (Å²) in [5.74, 6) is 0.311. The lowest BCUT2D eigenvalue weighted by atomic mass is 10.0. The Labute approximate surface area is 161 Å². The highest BCUT2D eigenvalue weighted by molar-refractivity contribution is 7.09. The van der Waals surface area contributed by atoms with E-state index in [0.717, 1.165) is 10.4 Å². The molecule has 0 N–H and O–H groups in total. The molecule has 0 spiro atoms. The monoisotopic (exact) mass is 386 g/mol. The zero-order valence-electron chi connectivity index (χ0n) is 15.8. The molecule has 0 aliphatic rings. The molecule has 3 aromatic rings. The summed E-state index contributed by atoms with van der Waals surface area (Å²) in [7, 11) is 3.31. The molecule has 8 heteroatoms. The van der Waals surface area contributed by atoms with Crippen molar-refractivity contribution in [3.63, 3.8) is 0 Å². The summed E-state index contributed by atoms with van der Waals surface area (Å²) < 4.78 is 6.87. The average molecular weight is 386 g/mol. The predicted octanol–water partition coefficient (Wildman–Crippen LogP) is 3.00. The summed E-state index contributed by atoms with van der Waals surface area (Å²) in [6, 6.07) is 5.41. The molecular formula is C19H22N4O3S. The topological polar surface area (TPSA) is 77.3 Å². The minimum absolute atomic E-state index is 0.0386. The van der Waals surface area contributed by atoms with Crippen LogP contribution < -0.4 is 4.74 Å². The second kappa shape index (κ2) is 7.87. The lowest BCUT2D eigenvalue weighted by Crippen LogP contribution is -2.30. The summed E-state index contributed by atoms with van der Waals surface area (Å²) in [5, 5.41) is 7.93. The van der Waals surface area contributed by atoms with E-state index in [-0.39, 0.29) is 24.2 Å². The van der Waals surface area contributed by atoms with E-state index in [1.54, 1.807) is 42.1 Å². The van der Waals surface area contributed by atoms with Crippen molar-refractivity contribution < 1.29 is 14.3 Å². The van der Waals surface area contributed by atoms with Crippen LogP contribution in [0.1, 0.15) is 29.3 Å². The second-order valence-corrected chi connectivity index (χ2v) is 7.56. The van der Waals surface area contributed by atoms with Gasteiger partial charge >= 0.3 is 0 Å². The van der Waals surface area contributed by atoms with Gasteiger partial charge in [-0.3, -0.25) is 14.3 Å². The number of nitrogens with zero attached hydrogens (tertiary/aromatic N) is 4. The van der Waals surface area contributed by atoms with Crippen molar-refractivity contribution in [2.75, 3.05) is 14.2 Å². The van der Waals surface area contributed by atoms with Crippen LogP contribution in [0.5, 0.6) is 5.75 Å². The molecule has 0 aliphatic heterocycles. The summed E-state index contributed by atoms with van der Waals surface area (Å²) in [6.45, 7) is 4.15. The smallest absolute Gasteiger partial charge is 0.244 e. The van der Waals surface area contributed by atoms with Gasteiger partial charge in [0.2, 0.25) is 5.91 Å². The molecule has 27 heavy (non-hydrogen) atoms. The normalized spacial score (nSPS) is 11.1. The Balaban J connectivity index is 1.92. The van der Waals surface area contributed by atoms with Crippen molar-refractivity contribution in [2.24, 2.45) is 5.92 Å². The van der Waals surface area contributed by atoms with Crippen molar-refractivity contribution in [1.82, 2.24) is 19.7 Å². The number of carbonyl (C=O) groups is 2. The predicted molar refractivity (Wildman–Crippen MR) is 104 cm³/mol. The van der Waals surface area contributed by atoms with Gasteiger partial charge < -0.3 is 9.64 Å². The Kier molecular flexibility index (Phi) is 5.55. The first-order valence-electron chi connectivity index (χ1n) is 8.61. The number of aromatic nitrogens is 3. The van der Waals surface area contributed by atoms with Gasteiger partial charge in [-0.2, -0.15) is 5.10 Å². The number of fused-ring (bicyclic) bond motifs is 1. The Bertz CT molecular complexity index is 963. The maximum Gasteiger partial charge on any atom is 0.244 e. The van der Waals surface area contributed by atoms with Gasteiger partial charge in [0.05, 0.1) is 19.2 Å². The fraction of sp³-hybridized carbons (Fsp3) is 0.368. The number of hydrogen-bond donors (Lipinski definition) is 0. The molecule has 7 nitrogen and oxygen atoms in total. The Morgan fingerprint density at radius 2 is 2.11 bits per heavy atom. The molecule has 2 aromatic heterocycles. The minimum Gasteiger partial charge on any atom is -0.497 e. The van der Waals surface area contributed by atoms with Gasteiger partial charge in [-0.1, -0.05) is 13.8 Å². The second-order valence-electron chi connectivity index (χ2n) is 6.58. The third-order valence-electron chi connectivity index (χ3n) is 4.28. The maximum atomic E-state index is 12.7. The molecular weight excluding hydrogens is 364 g/mol. The number of ether oxygens (including phenoxy) is 1. The fourth-order valence-corrected chi connectivity index (χ4v) is 3.40. The van der Waals surface area contributed by atoms with E-state index in [1.165, 1.54) is 11.3 Å². The van der Waals surface area contributed by atoms with E-state index < -0.39 is 0 Å². The highest BCUT2D eigenvalue weighted by Gasteiger charge is 2.22. The Morgan fingerprint density at radius 1 is 1.33 bits per heavy atom. The minimum atomic E-state index is -0.179. The van der Waals surface area contributed by atoms with Crippen LogP contribution >= 0.6 is 11.3 Å². The number of carbonyl (C=O) groups excluding carboxylic acids is 2. The van der Waals surface area contributed by atoms with Gasteiger partial charge in [0, 0.05) is 36.0 Å². The van der Waals surface area contributed by atoms with E-state index in [4.69, 9.17) is 4.74 Å². The third kappa shape index (κ3) is 4.00. The SMILES string of the molecule is COc1ccc2c(C(=O)C(C)C)nn(CC(=O)N(C)Cc3nccs3)c2c1. The Hall–Kier alpha value is -2.74. The van der Waals surface area contributed by atoms with E-state index >= 15 is 0 Å². The van der Waals surface area contributed by atoms with Crippen molar-refractivity contribution in [3.05, 3.63) is 40.5 Å². The van der Waals surface area contributed by atoms with Crippen molar-refractivity contribution in [2.45, 2.75) is 26.9 Å².